The highest BCUT2D eigenvalue weighted by atomic mass is 19.5. The normalized spacial score (nSPS) is 23.4. The van der Waals surface area contributed by atoms with E-state index in [1.54, 1.807) is 0 Å². The van der Waals surface area contributed by atoms with Gasteiger partial charge in [-0.3, -0.25) is 0 Å². The summed E-state index contributed by atoms with van der Waals surface area (Å²) < 4.78 is 41.0. The summed E-state index contributed by atoms with van der Waals surface area (Å²) in [4.78, 5) is 0. The van der Waals surface area contributed by atoms with Crippen molar-refractivity contribution in [1.29, 1.82) is 0 Å². The van der Waals surface area contributed by atoms with Gasteiger partial charge in [0, 0.05) is 12.1 Å². The molecule has 0 radical (unpaired) electrons. The fraction of sp³-hybridized carbons (Fsp3) is 0.444. The van der Waals surface area contributed by atoms with Crippen molar-refractivity contribution in [3.63, 3.8) is 0 Å². The van der Waals surface area contributed by atoms with E-state index in [2.05, 4.69) is 0 Å². The molecule has 17 heavy (non-hydrogen) atoms. The van der Waals surface area contributed by atoms with E-state index >= 15 is 0 Å². The van der Waals surface area contributed by atoms with Gasteiger partial charge < -0.3 is 27.5 Å². The predicted octanol–water partition coefficient (Wildman–Crippen LogP) is 0.552. The van der Waals surface area contributed by atoms with E-state index in [1.807, 2.05) is 29.0 Å². The number of aromatic nitrogens is 1. The van der Waals surface area contributed by atoms with Gasteiger partial charge in [0.15, 0.2) is 18.4 Å². The van der Waals surface area contributed by atoms with Crippen LogP contribution in [0.3, 0.4) is 0 Å². The molecule has 0 fully saturated rings. The Morgan fingerprint density at radius 3 is 2.29 bits per heavy atom. The maximum Gasteiger partial charge on any atom is 0.673 e. The highest BCUT2D eigenvalue weighted by Crippen LogP contribution is 2.08. The highest BCUT2D eigenvalue weighted by molar-refractivity contribution is 6.50. The maximum absolute atomic E-state index is 9.75. The van der Waals surface area contributed by atoms with Crippen molar-refractivity contribution in [2.45, 2.75) is 25.2 Å². The molecule has 1 aliphatic heterocycles. The predicted molar refractivity (Wildman–Crippen MR) is 52.5 cm³/mol. The molecule has 1 aromatic rings. The second-order valence-corrected chi connectivity index (χ2v) is 3.68. The Morgan fingerprint density at radius 2 is 1.71 bits per heavy atom. The lowest BCUT2D eigenvalue weighted by Gasteiger charge is -2.20. The quantitative estimate of drug-likeness (QED) is 0.403. The topological polar surface area (TPSA) is 44.3 Å². The van der Waals surface area contributed by atoms with Gasteiger partial charge in [-0.2, -0.15) is 4.57 Å². The molecule has 2 atom stereocenters. The van der Waals surface area contributed by atoms with Crippen LogP contribution < -0.4 is 4.57 Å². The van der Waals surface area contributed by atoms with E-state index in [4.69, 9.17) is 0 Å². The third kappa shape index (κ3) is 5.14. The minimum atomic E-state index is -6.00. The van der Waals surface area contributed by atoms with E-state index in [0.29, 0.717) is 13.0 Å². The lowest BCUT2D eigenvalue weighted by molar-refractivity contribution is -0.718. The smallest absolute Gasteiger partial charge is 0.418 e. The molecule has 0 aliphatic carbocycles. The highest BCUT2D eigenvalue weighted by Gasteiger charge is 2.30. The van der Waals surface area contributed by atoms with E-state index in [0.717, 1.165) is 5.69 Å². The van der Waals surface area contributed by atoms with Crippen LogP contribution in [0, 0.1) is 0 Å². The summed E-state index contributed by atoms with van der Waals surface area (Å²) in [5.41, 5.74) is 1.08. The van der Waals surface area contributed by atoms with Crippen LogP contribution in [0.4, 0.5) is 17.3 Å². The van der Waals surface area contributed by atoms with Gasteiger partial charge in [-0.05, 0) is 0 Å². The molecule has 2 heterocycles. The molecule has 0 spiro atoms. The molecular formula is C9H12BF4NO2. The number of nitrogens with zero attached hydrogens (tertiary/aromatic N) is 1. The summed E-state index contributed by atoms with van der Waals surface area (Å²) >= 11 is 0. The van der Waals surface area contributed by atoms with Gasteiger partial charge in [0.05, 0.1) is 12.5 Å². The molecule has 8 heteroatoms. The van der Waals surface area contributed by atoms with E-state index in [1.165, 1.54) is 0 Å². The SMILES string of the molecule is F[B-](F)(F)F.O[C@@H]1C[n+]2ccccc2C[C@@H]1O. The fourth-order valence-electron chi connectivity index (χ4n) is 1.55. The van der Waals surface area contributed by atoms with Gasteiger partial charge in [-0.25, -0.2) is 0 Å². The van der Waals surface area contributed by atoms with Crippen LogP contribution in [-0.4, -0.2) is 29.7 Å². The molecule has 2 rings (SSSR count). The summed E-state index contributed by atoms with van der Waals surface area (Å²) in [7, 11) is -6.00. The van der Waals surface area contributed by atoms with E-state index < -0.39 is 19.5 Å². The maximum atomic E-state index is 9.75. The Morgan fingerprint density at radius 1 is 1.12 bits per heavy atom. The van der Waals surface area contributed by atoms with Crippen LogP contribution in [0.5, 0.6) is 0 Å². The summed E-state index contributed by atoms with van der Waals surface area (Å²) in [5, 5.41) is 18.7. The number of aliphatic hydroxyl groups excluding tert-OH is 2. The molecule has 3 nitrogen and oxygen atoms in total. The van der Waals surface area contributed by atoms with Gasteiger partial charge in [0.1, 0.15) is 6.10 Å². The minimum Gasteiger partial charge on any atom is -0.418 e. The minimum absolute atomic E-state index is 0.497. The molecule has 0 unspecified atom stereocenters. The van der Waals surface area contributed by atoms with Crippen LogP contribution in [0.25, 0.3) is 0 Å². The zero-order valence-electron chi connectivity index (χ0n) is 8.81. The number of pyridine rings is 1. The Kier molecular flexibility index (Phi) is 4.47. The van der Waals surface area contributed by atoms with Crippen molar-refractivity contribution in [3.8, 4) is 0 Å². The Balaban J connectivity index is 0.000000249. The number of rotatable bonds is 0. The first-order valence-corrected chi connectivity index (χ1v) is 4.98. The van der Waals surface area contributed by atoms with Crippen molar-refractivity contribution >= 4 is 7.25 Å². The fourth-order valence-corrected chi connectivity index (χ4v) is 1.55. The second-order valence-electron chi connectivity index (χ2n) is 3.68. The summed E-state index contributed by atoms with van der Waals surface area (Å²) in [6.45, 7) is 0.497. The van der Waals surface area contributed by atoms with Crippen LogP contribution in [0.2, 0.25) is 0 Å². The summed E-state index contributed by atoms with van der Waals surface area (Å²) in [6, 6.07) is 5.83. The lowest BCUT2D eigenvalue weighted by Crippen LogP contribution is -2.53. The van der Waals surface area contributed by atoms with Crippen LogP contribution in [0.15, 0.2) is 24.4 Å². The molecular weight excluding hydrogens is 241 g/mol. The number of fused-ring (bicyclic) bond motifs is 1. The van der Waals surface area contributed by atoms with E-state index in [9.17, 15) is 27.5 Å². The summed E-state index contributed by atoms with van der Waals surface area (Å²) in [6.07, 6.45) is 1.24. The van der Waals surface area contributed by atoms with E-state index in [-0.39, 0.29) is 0 Å². The molecule has 0 saturated carbocycles. The molecule has 1 aromatic heterocycles. The van der Waals surface area contributed by atoms with Gasteiger partial charge in [0.2, 0.25) is 0 Å². The second kappa shape index (κ2) is 5.46. The van der Waals surface area contributed by atoms with Crippen molar-refractivity contribution in [3.05, 3.63) is 30.1 Å². The largest absolute Gasteiger partial charge is 0.673 e. The number of halogens is 4. The lowest BCUT2D eigenvalue weighted by atomic mass is 10.0. The molecule has 0 bridgehead atoms. The molecule has 0 saturated heterocycles. The molecule has 96 valence electrons. The van der Waals surface area contributed by atoms with Gasteiger partial charge >= 0.3 is 7.25 Å². The van der Waals surface area contributed by atoms with Gasteiger partial charge in [-0.15, -0.1) is 0 Å². The third-order valence-corrected chi connectivity index (χ3v) is 2.28. The van der Waals surface area contributed by atoms with Crippen LogP contribution in [0.1, 0.15) is 5.69 Å². The van der Waals surface area contributed by atoms with Gasteiger partial charge in [-0.1, -0.05) is 6.07 Å². The number of hydrogen-bond acceptors (Lipinski definition) is 2. The summed E-state index contributed by atoms with van der Waals surface area (Å²) in [5.74, 6) is 0. The number of hydrogen-bond donors (Lipinski definition) is 2. The van der Waals surface area contributed by atoms with Crippen LogP contribution >= 0.6 is 0 Å². The molecule has 0 aromatic carbocycles. The van der Waals surface area contributed by atoms with Crippen molar-refractivity contribution in [2.24, 2.45) is 0 Å². The molecule has 0 amide bonds. The van der Waals surface area contributed by atoms with Crippen molar-refractivity contribution in [2.75, 3.05) is 0 Å². The Bertz CT molecular complexity index is 339. The standard InChI is InChI=1S/C9H12NO2.BF4/c11-8-5-7-3-1-2-4-10(7)6-9(8)12;2-1(3,4)5/h1-4,8-9,11-12H,5-6H2;/q+1;-1/t8-,9+;/m0./s1. The Labute approximate surface area is 95.4 Å². The first kappa shape index (κ1) is 13.9. The molecule has 2 N–H and O–H groups in total. The van der Waals surface area contributed by atoms with Crippen LogP contribution in [-0.2, 0) is 13.0 Å². The third-order valence-electron chi connectivity index (χ3n) is 2.28. The van der Waals surface area contributed by atoms with Crippen molar-refractivity contribution in [1.82, 2.24) is 0 Å². The molecule has 1 aliphatic rings. The average Bonchev–Trinajstić information content (AvgIpc) is 2.17. The van der Waals surface area contributed by atoms with Crippen molar-refractivity contribution < 1.29 is 32.0 Å². The first-order valence-electron chi connectivity index (χ1n) is 4.98. The van der Waals surface area contributed by atoms with Gasteiger partial charge in [0.25, 0.3) is 0 Å². The average molecular weight is 253 g/mol. The first-order chi connectivity index (χ1) is 7.77. The number of aliphatic hydroxyl groups is 2. The zero-order chi connectivity index (χ0) is 13.1. The Hall–Kier alpha value is -1.15. The zero-order valence-corrected chi connectivity index (χ0v) is 8.81. The monoisotopic (exact) mass is 253 g/mol.